The van der Waals surface area contributed by atoms with E-state index in [0.717, 1.165) is 22.5 Å². The molecule has 2 aromatic heterocycles. The lowest BCUT2D eigenvalue weighted by Gasteiger charge is -2.37. The van der Waals surface area contributed by atoms with Crippen molar-refractivity contribution in [2.45, 2.75) is 13.0 Å². The number of rotatable bonds is 2. The number of para-hydroxylation sites is 1. The number of hydrazine groups is 1. The van der Waals surface area contributed by atoms with Crippen LogP contribution in [0.1, 0.15) is 18.5 Å². The smallest absolute Gasteiger partial charge is 0.265 e. The van der Waals surface area contributed by atoms with Gasteiger partial charge in [0, 0.05) is 28.9 Å². The molecular weight excluding hydrogens is 322 g/mol. The van der Waals surface area contributed by atoms with Crippen molar-refractivity contribution in [2.24, 2.45) is 5.84 Å². The number of carbonyl (C=O) groups excluding carboxylic acids is 1. The van der Waals surface area contributed by atoms with Crippen LogP contribution >= 0.6 is 11.3 Å². The molecule has 0 bridgehead atoms. The van der Waals surface area contributed by atoms with E-state index in [1.54, 1.807) is 17.3 Å². The summed E-state index contributed by atoms with van der Waals surface area (Å²) in [7, 11) is 0. The molecule has 120 valence electrons. The summed E-state index contributed by atoms with van der Waals surface area (Å²) in [5.74, 6) is 6.01. The quantitative estimate of drug-likeness (QED) is 0.573. The van der Waals surface area contributed by atoms with Crippen molar-refractivity contribution in [1.29, 1.82) is 0 Å². The van der Waals surface area contributed by atoms with Crippen LogP contribution in [0.25, 0.3) is 11.3 Å². The summed E-state index contributed by atoms with van der Waals surface area (Å²) in [5.41, 5.74) is 3.52. The van der Waals surface area contributed by atoms with E-state index in [4.69, 9.17) is 5.84 Å². The van der Waals surface area contributed by atoms with Gasteiger partial charge in [-0.25, -0.2) is 20.6 Å². The number of hydrogen-bond acceptors (Lipinski definition) is 5. The first-order chi connectivity index (χ1) is 11.7. The van der Waals surface area contributed by atoms with E-state index in [0.29, 0.717) is 5.13 Å². The zero-order chi connectivity index (χ0) is 16.7. The van der Waals surface area contributed by atoms with Gasteiger partial charge in [-0.05, 0) is 25.1 Å². The first-order valence-electron chi connectivity index (χ1n) is 7.49. The first kappa shape index (κ1) is 14.8. The molecule has 0 fully saturated rings. The lowest BCUT2D eigenvalue weighted by atomic mass is 10.0. The summed E-state index contributed by atoms with van der Waals surface area (Å²) in [5, 5.41) is 3.75. The molecule has 1 unspecified atom stereocenters. The number of anilines is 2. The van der Waals surface area contributed by atoms with Gasteiger partial charge < -0.3 is 0 Å². The number of aromatic nitrogens is 2. The van der Waals surface area contributed by atoms with E-state index in [2.05, 4.69) is 9.97 Å². The molecule has 3 heterocycles. The average molecular weight is 337 g/mol. The van der Waals surface area contributed by atoms with Crippen LogP contribution in [0.3, 0.4) is 0 Å². The molecule has 1 aromatic carbocycles. The second-order valence-corrected chi connectivity index (χ2v) is 6.35. The van der Waals surface area contributed by atoms with Gasteiger partial charge in [0.05, 0.1) is 17.4 Å². The van der Waals surface area contributed by atoms with Crippen molar-refractivity contribution in [3.05, 3.63) is 59.7 Å². The minimum Gasteiger partial charge on any atom is -0.265 e. The number of carbonyl (C=O) groups is 1. The van der Waals surface area contributed by atoms with Gasteiger partial charge in [0.15, 0.2) is 5.13 Å². The molecule has 0 spiro atoms. The molecule has 1 aliphatic heterocycles. The maximum Gasteiger partial charge on any atom is 0.345 e. The zero-order valence-electron chi connectivity index (χ0n) is 13.0. The van der Waals surface area contributed by atoms with Crippen LogP contribution < -0.4 is 15.8 Å². The van der Waals surface area contributed by atoms with Gasteiger partial charge in [0.1, 0.15) is 0 Å². The topological polar surface area (TPSA) is 75.3 Å². The zero-order valence-corrected chi connectivity index (χ0v) is 13.8. The Morgan fingerprint density at radius 1 is 1.17 bits per heavy atom. The van der Waals surface area contributed by atoms with Crippen LogP contribution in [0.15, 0.2) is 54.2 Å². The largest absolute Gasteiger partial charge is 0.345 e. The molecule has 0 radical (unpaired) electrons. The maximum atomic E-state index is 12.7. The number of fused-ring (bicyclic) bond motifs is 1. The van der Waals surface area contributed by atoms with Crippen LogP contribution in [0.2, 0.25) is 0 Å². The van der Waals surface area contributed by atoms with Gasteiger partial charge in [-0.15, -0.1) is 11.3 Å². The minimum atomic E-state index is -0.281. The van der Waals surface area contributed by atoms with Crippen LogP contribution in [-0.2, 0) is 0 Å². The molecular formula is C17H15N5OS. The average Bonchev–Trinajstić information content (AvgIpc) is 3.10. The van der Waals surface area contributed by atoms with Crippen molar-refractivity contribution < 1.29 is 4.79 Å². The molecule has 2 amide bonds. The summed E-state index contributed by atoms with van der Waals surface area (Å²) >= 11 is 1.43. The predicted octanol–water partition coefficient (Wildman–Crippen LogP) is 3.59. The van der Waals surface area contributed by atoms with Gasteiger partial charge in [-0.1, -0.05) is 18.2 Å². The molecule has 7 heteroatoms. The second kappa shape index (κ2) is 5.70. The Hall–Kier alpha value is -2.77. The highest BCUT2D eigenvalue weighted by molar-refractivity contribution is 7.14. The highest BCUT2D eigenvalue weighted by atomic mass is 32.1. The first-order valence-corrected chi connectivity index (χ1v) is 8.37. The standard InChI is InChI=1S/C17H15N5OS/c1-11-13-4-2-3-5-15(13)22(18)17(23)21(11)16-20-14(10-24-16)12-6-8-19-9-7-12/h2-11H,18H2,1H3. The third-order valence-electron chi connectivity index (χ3n) is 4.12. The third kappa shape index (κ3) is 2.26. The Bertz CT molecular complexity index is 895. The number of thiazole rings is 1. The monoisotopic (exact) mass is 337 g/mol. The molecule has 0 saturated heterocycles. The van der Waals surface area contributed by atoms with E-state index in [9.17, 15) is 4.79 Å². The number of nitrogens with two attached hydrogens (primary N) is 1. The Balaban J connectivity index is 1.75. The number of hydrogen-bond donors (Lipinski definition) is 1. The molecule has 4 rings (SSSR count). The lowest BCUT2D eigenvalue weighted by Crippen LogP contribution is -2.52. The van der Waals surface area contributed by atoms with Crippen LogP contribution in [-0.4, -0.2) is 16.0 Å². The second-order valence-electron chi connectivity index (χ2n) is 5.51. The van der Waals surface area contributed by atoms with Crippen LogP contribution in [0.4, 0.5) is 15.6 Å². The van der Waals surface area contributed by atoms with Crippen molar-refractivity contribution in [1.82, 2.24) is 9.97 Å². The molecule has 3 aromatic rings. The summed E-state index contributed by atoms with van der Waals surface area (Å²) < 4.78 is 0. The van der Waals surface area contributed by atoms with E-state index in [1.165, 1.54) is 16.3 Å². The van der Waals surface area contributed by atoms with Gasteiger partial charge in [0.2, 0.25) is 0 Å². The Morgan fingerprint density at radius 2 is 1.92 bits per heavy atom. The van der Waals surface area contributed by atoms with Gasteiger partial charge in [-0.2, -0.15) is 0 Å². The Kier molecular flexibility index (Phi) is 3.51. The lowest BCUT2D eigenvalue weighted by molar-refractivity contribution is 0.248. The SMILES string of the molecule is CC1c2ccccc2N(N)C(=O)N1c1nc(-c2ccncc2)cs1. The van der Waals surface area contributed by atoms with Crippen molar-refractivity contribution >= 4 is 28.2 Å². The molecule has 1 aliphatic rings. The highest BCUT2D eigenvalue weighted by Crippen LogP contribution is 2.39. The molecule has 0 aliphatic carbocycles. The number of urea groups is 1. The molecule has 2 N–H and O–H groups in total. The van der Waals surface area contributed by atoms with E-state index in [1.807, 2.05) is 48.7 Å². The predicted molar refractivity (Wildman–Crippen MR) is 94.7 cm³/mol. The van der Waals surface area contributed by atoms with Crippen LogP contribution in [0.5, 0.6) is 0 Å². The fourth-order valence-electron chi connectivity index (χ4n) is 2.86. The number of nitrogens with zero attached hydrogens (tertiary/aromatic N) is 4. The fraction of sp³-hybridized carbons (Fsp3) is 0.118. The van der Waals surface area contributed by atoms with E-state index >= 15 is 0 Å². The maximum absolute atomic E-state index is 12.7. The summed E-state index contributed by atoms with van der Waals surface area (Å²) in [4.78, 5) is 23.0. The number of benzene rings is 1. The Morgan fingerprint density at radius 3 is 2.71 bits per heavy atom. The summed E-state index contributed by atoms with van der Waals surface area (Å²) in [6, 6.07) is 11.0. The normalized spacial score (nSPS) is 17.1. The molecule has 24 heavy (non-hydrogen) atoms. The van der Waals surface area contributed by atoms with Gasteiger partial charge in [-0.3, -0.25) is 9.88 Å². The summed E-state index contributed by atoms with van der Waals surface area (Å²) in [6.45, 7) is 1.98. The molecule has 0 saturated carbocycles. The van der Waals surface area contributed by atoms with E-state index in [-0.39, 0.29) is 12.1 Å². The van der Waals surface area contributed by atoms with Crippen molar-refractivity contribution in [2.75, 3.05) is 9.91 Å². The van der Waals surface area contributed by atoms with Crippen LogP contribution in [0, 0.1) is 0 Å². The highest BCUT2D eigenvalue weighted by Gasteiger charge is 2.36. The molecule has 1 atom stereocenters. The van der Waals surface area contributed by atoms with E-state index < -0.39 is 0 Å². The molecule has 6 nitrogen and oxygen atoms in total. The minimum absolute atomic E-state index is 0.134. The van der Waals surface area contributed by atoms with Gasteiger partial charge >= 0.3 is 6.03 Å². The summed E-state index contributed by atoms with van der Waals surface area (Å²) in [6.07, 6.45) is 3.45. The van der Waals surface area contributed by atoms with Crippen molar-refractivity contribution in [3.63, 3.8) is 0 Å². The number of pyridine rings is 1. The third-order valence-corrected chi connectivity index (χ3v) is 4.96. The Labute approximate surface area is 143 Å². The fourth-order valence-corrected chi connectivity index (χ4v) is 3.77. The number of amides is 2. The van der Waals surface area contributed by atoms with Gasteiger partial charge in [0.25, 0.3) is 0 Å². The van der Waals surface area contributed by atoms with Crippen molar-refractivity contribution in [3.8, 4) is 11.3 Å².